The lowest BCUT2D eigenvalue weighted by atomic mass is 10.2. The van der Waals surface area contributed by atoms with E-state index in [0.29, 0.717) is 5.56 Å². The molecule has 0 unspecified atom stereocenters. The minimum Gasteiger partial charge on any atom is -0.494 e. The van der Waals surface area contributed by atoms with Crippen LogP contribution in [0.15, 0.2) is 24.3 Å². The van der Waals surface area contributed by atoms with Crippen LogP contribution in [-0.4, -0.2) is 30.6 Å². The molecule has 0 amide bonds. The van der Waals surface area contributed by atoms with E-state index in [-0.39, 0.29) is 0 Å². The predicted molar refractivity (Wildman–Crippen MR) is 78.6 cm³/mol. The number of nitriles is 1. The zero-order valence-corrected chi connectivity index (χ0v) is 11.9. The molecular weight excluding hydrogens is 248 g/mol. The normalized spacial score (nSPS) is 18.0. The maximum absolute atomic E-state index is 8.85. The van der Waals surface area contributed by atoms with Crippen molar-refractivity contribution < 1.29 is 4.74 Å². The summed E-state index contributed by atoms with van der Waals surface area (Å²) in [6.07, 6.45) is 6.71. The van der Waals surface area contributed by atoms with Gasteiger partial charge in [0.2, 0.25) is 0 Å². The Balaban J connectivity index is 1.39. The van der Waals surface area contributed by atoms with Crippen LogP contribution < -0.4 is 4.74 Å². The third-order valence-electron chi connectivity index (χ3n) is 4.07. The lowest BCUT2D eigenvalue weighted by Crippen LogP contribution is -2.30. The summed E-state index contributed by atoms with van der Waals surface area (Å²) >= 11 is 0. The number of benzene rings is 1. The number of ether oxygens (including phenoxy) is 1. The Kier molecular flexibility index (Phi) is 4.22. The SMILES string of the molecule is N#Cc1cccc(OCCCN(CC2CC2)C2CC2)c1. The van der Waals surface area contributed by atoms with E-state index in [1.54, 1.807) is 6.07 Å². The van der Waals surface area contributed by atoms with Gasteiger partial charge in [-0.15, -0.1) is 0 Å². The molecule has 0 heterocycles. The highest BCUT2D eigenvalue weighted by Gasteiger charge is 2.33. The second-order valence-corrected chi connectivity index (χ2v) is 6.01. The second-order valence-electron chi connectivity index (χ2n) is 6.01. The maximum atomic E-state index is 8.85. The molecule has 2 saturated carbocycles. The van der Waals surface area contributed by atoms with Crippen molar-refractivity contribution in [2.24, 2.45) is 5.92 Å². The van der Waals surface area contributed by atoms with Crippen LogP contribution in [0.2, 0.25) is 0 Å². The van der Waals surface area contributed by atoms with Crippen LogP contribution in [0.25, 0.3) is 0 Å². The quantitative estimate of drug-likeness (QED) is 0.681. The highest BCUT2D eigenvalue weighted by Crippen LogP contribution is 2.34. The first-order chi connectivity index (χ1) is 9.85. The number of hydrogen-bond donors (Lipinski definition) is 0. The number of hydrogen-bond acceptors (Lipinski definition) is 3. The van der Waals surface area contributed by atoms with Gasteiger partial charge in [0.05, 0.1) is 18.2 Å². The third-order valence-corrected chi connectivity index (χ3v) is 4.07. The van der Waals surface area contributed by atoms with E-state index in [0.717, 1.165) is 37.3 Å². The zero-order valence-electron chi connectivity index (χ0n) is 11.9. The average molecular weight is 270 g/mol. The first kappa shape index (κ1) is 13.5. The summed E-state index contributed by atoms with van der Waals surface area (Å²) in [6.45, 7) is 3.19. The first-order valence-electron chi connectivity index (χ1n) is 7.72. The van der Waals surface area contributed by atoms with Crippen molar-refractivity contribution in [1.82, 2.24) is 4.90 Å². The van der Waals surface area contributed by atoms with Gasteiger partial charge in [-0.05, 0) is 56.2 Å². The lowest BCUT2D eigenvalue weighted by Gasteiger charge is -2.21. The molecular formula is C17H22N2O. The van der Waals surface area contributed by atoms with E-state index in [2.05, 4.69) is 11.0 Å². The van der Waals surface area contributed by atoms with Crippen LogP contribution in [0.3, 0.4) is 0 Å². The smallest absolute Gasteiger partial charge is 0.120 e. The molecule has 106 valence electrons. The van der Waals surface area contributed by atoms with Crippen LogP contribution in [0.1, 0.15) is 37.7 Å². The fraction of sp³-hybridized carbons (Fsp3) is 0.588. The van der Waals surface area contributed by atoms with E-state index in [1.807, 2.05) is 18.2 Å². The van der Waals surface area contributed by atoms with Crippen LogP contribution in [-0.2, 0) is 0 Å². The molecule has 0 atom stereocenters. The minimum atomic E-state index is 0.663. The summed E-state index contributed by atoms with van der Waals surface area (Å²) in [5.41, 5.74) is 0.663. The Morgan fingerprint density at radius 1 is 1.25 bits per heavy atom. The van der Waals surface area contributed by atoms with Gasteiger partial charge in [-0.2, -0.15) is 5.26 Å². The molecule has 2 aliphatic rings. The van der Waals surface area contributed by atoms with Gasteiger partial charge in [-0.1, -0.05) is 6.07 Å². The van der Waals surface area contributed by atoms with Crippen LogP contribution >= 0.6 is 0 Å². The molecule has 20 heavy (non-hydrogen) atoms. The van der Waals surface area contributed by atoms with Gasteiger partial charge in [0, 0.05) is 19.1 Å². The maximum Gasteiger partial charge on any atom is 0.120 e. The van der Waals surface area contributed by atoms with E-state index < -0.39 is 0 Å². The standard InChI is InChI=1S/C17H22N2O/c18-12-15-3-1-4-17(11-15)20-10-2-9-19(16-7-8-16)13-14-5-6-14/h1,3-4,11,14,16H,2,5-10,13H2. The Hall–Kier alpha value is -1.53. The van der Waals surface area contributed by atoms with Gasteiger partial charge in [-0.25, -0.2) is 0 Å². The Morgan fingerprint density at radius 3 is 2.80 bits per heavy atom. The van der Waals surface area contributed by atoms with Crippen molar-refractivity contribution in [3.63, 3.8) is 0 Å². The van der Waals surface area contributed by atoms with Crippen molar-refractivity contribution in [2.45, 2.75) is 38.1 Å². The topological polar surface area (TPSA) is 36.3 Å². The molecule has 0 N–H and O–H groups in total. The fourth-order valence-electron chi connectivity index (χ4n) is 2.61. The molecule has 3 heteroatoms. The largest absolute Gasteiger partial charge is 0.494 e. The minimum absolute atomic E-state index is 0.663. The average Bonchev–Trinajstić information content (AvgIpc) is 3.35. The van der Waals surface area contributed by atoms with Gasteiger partial charge in [-0.3, -0.25) is 4.90 Å². The Morgan fingerprint density at radius 2 is 2.10 bits per heavy atom. The molecule has 3 nitrogen and oxygen atoms in total. The van der Waals surface area contributed by atoms with Crippen molar-refractivity contribution in [1.29, 1.82) is 5.26 Å². The lowest BCUT2D eigenvalue weighted by molar-refractivity contribution is 0.220. The molecule has 2 aliphatic carbocycles. The number of rotatable bonds is 8. The first-order valence-corrected chi connectivity index (χ1v) is 7.72. The number of nitrogens with zero attached hydrogens (tertiary/aromatic N) is 2. The van der Waals surface area contributed by atoms with E-state index >= 15 is 0 Å². The molecule has 0 radical (unpaired) electrons. The van der Waals surface area contributed by atoms with E-state index in [9.17, 15) is 0 Å². The van der Waals surface area contributed by atoms with Crippen molar-refractivity contribution in [3.05, 3.63) is 29.8 Å². The van der Waals surface area contributed by atoms with Gasteiger partial charge < -0.3 is 4.74 Å². The Labute approximate surface area is 121 Å². The van der Waals surface area contributed by atoms with Gasteiger partial charge >= 0.3 is 0 Å². The van der Waals surface area contributed by atoms with Crippen molar-refractivity contribution in [2.75, 3.05) is 19.7 Å². The molecule has 1 aromatic carbocycles. The van der Waals surface area contributed by atoms with Gasteiger partial charge in [0.1, 0.15) is 5.75 Å². The van der Waals surface area contributed by atoms with Crippen LogP contribution in [0.5, 0.6) is 5.75 Å². The summed E-state index contributed by atoms with van der Waals surface area (Å²) in [5, 5.41) is 8.85. The highest BCUT2D eigenvalue weighted by molar-refractivity contribution is 5.36. The molecule has 1 aromatic rings. The van der Waals surface area contributed by atoms with E-state index in [1.165, 1.54) is 32.2 Å². The molecule has 0 aliphatic heterocycles. The monoisotopic (exact) mass is 270 g/mol. The molecule has 3 rings (SSSR count). The van der Waals surface area contributed by atoms with E-state index in [4.69, 9.17) is 10.00 Å². The van der Waals surface area contributed by atoms with Crippen molar-refractivity contribution >= 4 is 0 Å². The summed E-state index contributed by atoms with van der Waals surface area (Å²) in [6, 6.07) is 10.4. The molecule has 2 fully saturated rings. The summed E-state index contributed by atoms with van der Waals surface area (Å²) in [4.78, 5) is 2.66. The predicted octanol–water partition coefficient (Wildman–Crippen LogP) is 3.20. The molecule has 0 bridgehead atoms. The Bertz CT molecular complexity index is 486. The van der Waals surface area contributed by atoms with Crippen molar-refractivity contribution in [3.8, 4) is 11.8 Å². The summed E-state index contributed by atoms with van der Waals surface area (Å²) in [5.74, 6) is 1.79. The fourth-order valence-corrected chi connectivity index (χ4v) is 2.61. The highest BCUT2D eigenvalue weighted by atomic mass is 16.5. The van der Waals surface area contributed by atoms with Crippen LogP contribution in [0.4, 0.5) is 0 Å². The second kappa shape index (κ2) is 6.28. The molecule has 0 saturated heterocycles. The summed E-state index contributed by atoms with van der Waals surface area (Å²) in [7, 11) is 0. The third kappa shape index (κ3) is 3.98. The van der Waals surface area contributed by atoms with Gasteiger partial charge in [0.25, 0.3) is 0 Å². The summed E-state index contributed by atoms with van der Waals surface area (Å²) < 4.78 is 5.74. The molecule has 0 aromatic heterocycles. The van der Waals surface area contributed by atoms with Crippen LogP contribution in [0, 0.1) is 17.2 Å². The zero-order chi connectivity index (χ0) is 13.8. The van der Waals surface area contributed by atoms with Gasteiger partial charge in [0.15, 0.2) is 0 Å². The molecule has 0 spiro atoms.